The number of hydrogen-bond acceptors (Lipinski definition) is 4. The van der Waals surface area contributed by atoms with Crippen LogP contribution in [0.25, 0.3) is 0 Å². The number of benzene rings is 2. The fourth-order valence-electron chi connectivity index (χ4n) is 1.38. The highest BCUT2D eigenvalue weighted by Gasteiger charge is 2.15. The van der Waals surface area contributed by atoms with E-state index in [1.54, 1.807) is 24.3 Å². The Hall–Kier alpha value is -2.69. The monoisotopic (exact) mass is 245 g/mol. The molecule has 2 rings (SSSR count). The molecule has 0 saturated heterocycles. The number of carboxylic acids is 1. The van der Waals surface area contributed by atoms with Crippen LogP contribution in [0.4, 0.5) is 5.69 Å². The summed E-state index contributed by atoms with van der Waals surface area (Å²) in [6, 6.07) is 13.2. The van der Waals surface area contributed by atoms with Crippen LogP contribution in [0, 0.1) is 0 Å². The van der Waals surface area contributed by atoms with E-state index in [-0.39, 0.29) is 17.0 Å². The molecule has 0 radical (unpaired) electrons. The summed E-state index contributed by atoms with van der Waals surface area (Å²) in [6.45, 7) is 0. The molecule has 2 aromatic rings. The van der Waals surface area contributed by atoms with Gasteiger partial charge in [0.25, 0.3) is 0 Å². The third kappa shape index (κ3) is 2.52. The molecule has 0 aliphatic rings. The lowest BCUT2D eigenvalue weighted by Crippen LogP contribution is -2.08. The van der Waals surface area contributed by atoms with Crippen molar-refractivity contribution in [3.05, 3.63) is 54.1 Å². The van der Waals surface area contributed by atoms with E-state index in [0.717, 1.165) is 0 Å². The van der Waals surface area contributed by atoms with Crippen molar-refractivity contribution in [2.75, 3.05) is 5.73 Å². The molecule has 5 heteroatoms. The van der Waals surface area contributed by atoms with Gasteiger partial charge in [0.05, 0.1) is 5.69 Å². The number of para-hydroxylation sites is 2. The van der Waals surface area contributed by atoms with Crippen molar-refractivity contribution < 1.29 is 19.7 Å². The number of nitrogen functional groups attached to an aromatic ring is 1. The predicted molar refractivity (Wildman–Crippen MR) is 65.5 cm³/mol. The molecular formula is C13H11NO4. The first kappa shape index (κ1) is 11.8. The number of anilines is 1. The highest BCUT2D eigenvalue weighted by atomic mass is 17.2. The Morgan fingerprint density at radius 3 is 2.39 bits per heavy atom. The van der Waals surface area contributed by atoms with Crippen LogP contribution in [0.15, 0.2) is 48.5 Å². The maximum Gasteiger partial charge on any atom is 0.339 e. The first-order chi connectivity index (χ1) is 8.68. The summed E-state index contributed by atoms with van der Waals surface area (Å²) >= 11 is 0. The molecule has 0 aliphatic heterocycles. The summed E-state index contributed by atoms with van der Waals surface area (Å²) in [7, 11) is 0. The minimum absolute atomic E-state index is 0.00569. The first-order valence-corrected chi connectivity index (χ1v) is 5.20. The van der Waals surface area contributed by atoms with Crippen LogP contribution in [-0.4, -0.2) is 11.1 Å². The van der Waals surface area contributed by atoms with Crippen LogP contribution in [0.1, 0.15) is 10.4 Å². The summed E-state index contributed by atoms with van der Waals surface area (Å²) in [4.78, 5) is 21.0. The van der Waals surface area contributed by atoms with Gasteiger partial charge in [-0.05, 0) is 24.3 Å². The molecule has 0 amide bonds. The van der Waals surface area contributed by atoms with Crippen molar-refractivity contribution in [2.45, 2.75) is 0 Å². The van der Waals surface area contributed by atoms with Gasteiger partial charge in [0.15, 0.2) is 5.75 Å². The second-order valence-electron chi connectivity index (χ2n) is 3.51. The van der Waals surface area contributed by atoms with Gasteiger partial charge in [-0.1, -0.05) is 24.3 Å². The van der Waals surface area contributed by atoms with Crippen molar-refractivity contribution >= 4 is 11.7 Å². The Kier molecular flexibility index (Phi) is 3.33. The van der Waals surface area contributed by atoms with Gasteiger partial charge in [0.2, 0.25) is 5.75 Å². The maximum absolute atomic E-state index is 11.0. The largest absolute Gasteiger partial charge is 0.478 e. The number of nitrogens with two attached hydrogens (primary N) is 1. The van der Waals surface area contributed by atoms with Crippen LogP contribution in [-0.2, 0) is 0 Å². The van der Waals surface area contributed by atoms with Crippen molar-refractivity contribution in [3.8, 4) is 11.5 Å². The van der Waals surface area contributed by atoms with E-state index in [1.165, 1.54) is 18.2 Å². The highest BCUT2D eigenvalue weighted by molar-refractivity contribution is 5.93. The molecule has 0 aromatic heterocycles. The Labute approximate surface area is 103 Å². The average molecular weight is 245 g/mol. The minimum Gasteiger partial charge on any atom is -0.478 e. The Morgan fingerprint density at radius 1 is 1.00 bits per heavy atom. The van der Waals surface area contributed by atoms with E-state index in [9.17, 15) is 4.79 Å². The van der Waals surface area contributed by atoms with Crippen LogP contribution >= 0.6 is 0 Å². The normalized spacial score (nSPS) is 9.78. The molecule has 0 unspecified atom stereocenters. The Bertz CT molecular complexity index is 554. The highest BCUT2D eigenvalue weighted by Crippen LogP contribution is 2.27. The van der Waals surface area contributed by atoms with E-state index < -0.39 is 5.97 Å². The summed E-state index contributed by atoms with van der Waals surface area (Å²) in [6.07, 6.45) is 0. The van der Waals surface area contributed by atoms with Crippen molar-refractivity contribution in [1.29, 1.82) is 0 Å². The summed E-state index contributed by atoms with van der Waals surface area (Å²) in [5.41, 5.74) is 5.80. The lowest BCUT2D eigenvalue weighted by molar-refractivity contribution is -0.0997. The molecule has 0 heterocycles. The molecule has 92 valence electrons. The molecule has 0 saturated carbocycles. The fourth-order valence-corrected chi connectivity index (χ4v) is 1.38. The number of carboxylic acid groups (broad SMARTS) is 1. The quantitative estimate of drug-likeness (QED) is 0.491. The second kappa shape index (κ2) is 5.09. The van der Waals surface area contributed by atoms with Gasteiger partial charge in [-0.2, -0.15) is 0 Å². The average Bonchev–Trinajstić information content (AvgIpc) is 2.38. The SMILES string of the molecule is Nc1cccc(C(=O)O)c1OOc1ccccc1. The lowest BCUT2D eigenvalue weighted by atomic mass is 10.2. The number of carbonyl (C=O) groups is 1. The minimum atomic E-state index is -1.13. The molecule has 0 spiro atoms. The van der Waals surface area contributed by atoms with Gasteiger partial charge in [-0.15, -0.1) is 0 Å². The van der Waals surface area contributed by atoms with E-state index >= 15 is 0 Å². The third-order valence-corrected chi connectivity index (χ3v) is 2.24. The molecule has 0 atom stereocenters. The molecule has 5 nitrogen and oxygen atoms in total. The van der Waals surface area contributed by atoms with Crippen LogP contribution in [0.2, 0.25) is 0 Å². The van der Waals surface area contributed by atoms with Crippen molar-refractivity contribution in [1.82, 2.24) is 0 Å². The molecular weight excluding hydrogens is 234 g/mol. The maximum atomic E-state index is 11.0. The van der Waals surface area contributed by atoms with Gasteiger partial charge in [0.1, 0.15) is 5.56 Å². The van der Waals surface area contributed by atoms with Crippen LogP contribution in [0.5, 0.6) is 11.5 Å². The van der Waals surface area contributed by atoms with Gasteiger partial charge < -0.3 is 10.8 Å². The predicted octanol–water partition coefficient (Wildman–Crippen LogP) is 2.34. The first-order valence-electron chi connectivity index (χ1n) is 5.20. The zero-order valence-electron chi connectivity index (χ0n) is 9.37. The second-order valence-corrected chi connectivity index (χ2v) is 3.51. The summed E-state index contributed by atoms with van der Waals surface area (Å²) < 4.78 is 0. The topological polar surface area (TPSA) is 81.8 Å². The molecule has 2 aromatic carbocycles. The number of aromatic carboxylic acids is 1. The summed E-state index contributed by atoms with van der Waals surface area (Å²) in [5.74, 6) is -0.681. The Balaban J connectivity index is 2.21. The van der Waals surface area contributed by atoms with Crippen molar-refractivity contribution in [2.24, 2.45) is 0 Å². The fraction of sp³-hybridized carbons (Fsp3) is 0. The van der Waals surface area contributed by atoms with Gasteiger partial charge in [-0.3, -0.25) is 9.78 Å². The van der Waals surface area contributed by atoms with E-state index in [2.05, 4.69) is 0 Å². The van der Waals surface area contributed by atoms with Gasteiger partial charge in [0, 0.05) is 0 Å². The zero-order valence-corrected chi connectivity index (χ0v) is 9.37. The number of hydrogen-bond donors (Lipinski definition) is 2. The van der Waals surface area contributed by atoms with Crippen molar-refractivity contribution in [3.63, 3.8) is 0 Å². The third-order valence-electron chi connectivity index (χ3n) is 2.24. The smallest absolute Gasteiger partial charge is 0.339 e. The van der Waals surface area contributed by atoms with E-state index in [0.29, 0.717) is 5.75 Å². The standard InChI is InChI=1S/C13H11NO4/c14-11-8-4-7-10(13(15)16)12(11)18-17-9-5-2-1-3-6-9/h1-8H,14H2,(H,15,16). The zero-order chi connectivity index (χ0) is 13.0. The molecule has 18 heavy (non-hydrogen) atoms. The van der Waals surface area contributed by atoms with Gasteiger partial charge in [-0.25, -0.2) is 4.79 Å². The van der Waals surface area contributed by atoms with E-state index in [4.69, 9.17) is 20.6 Å². The van der Waals surface area contributed by atoms with E-state index in [1.807, 2.05) is 6.07 Å². The number of rotatable bonds is 4. The molecule has 0 bridgehead atoms. The lowest BCUT2D eigenvalue weighted by Gasteiger charge is -2.10. The summed E-state index contributed by atoms with van der Waals surface area (Å²) in [5, 5.41) is 9.00. The molecule has 3 N–H and O–H groups in total. The Morgan fingerprint density at radius 2 is 1.72 bits per heavy atom. The van der Waals surface area contributed by atoms with Gasteiger partial charge >= 0.3 is 5.97 Å². The molecule has 0 aliphatic carbocycles. The molecule has 0 fully saturated rings. The van der Waals surface area contributed by atoms with Crippen LogP contribution < -0.4 is 15.5 Å². The van der Waals surface area contributed by atoms with Crippen LogP contribution in [0.3, 0.4) is 0 Å².